The van der Waals surface area contributed by atoms with Crippen LogP contribution >= 0.6 is 0 Å². The highest BCUT2D eigenvalue weighted by Gasteiger charge is 2.09. The average molecular weight is 310 g/mol. The number of rotatable bonds is 6. The molecule has 3 aromatic rings. The van der Waals surface area contributed by atoms with E-state index in [-0.39, 0.29) is 0 Å². The highest BCUT2D eigenvalue weighted by molar-refractivity contribution is 5.82. The summed E-state index contributed by atoms with van der Waals surface area (Å²) in [6.45, 7) is 4.14. The van der Waals surface area contributed by atoms with Crippen molar-refractivity contribution in [3.8, 4) is 11.5 Å². The first-order chi connectivity index (χ1) is 11.2. The van der Waals surface area contributed by atoms with Gasteiger partial charge in [-0.1, -0.05) is 12.1 Å². The van der Waals surface area contributed by atoms with Crippen LogP contribution in [0, 0.1) is 0 Å². The molecule has 2 N–H and O–H groups in total. The fourth-order valence-corrected chi connectivity index (χ4v) is 2.81. The van der Waals surface area contributed by atoms with Gasteiger partial charge in [-0.2, -0.15) is 0 Å². The van der Waals surface area contributed by atoms with Crippen molar-refractivity contribution in [2.75, 3.05) is 7.11 Å². The Bertz CT molecular complexity index is 791. The van der Waals surface area contributed by atoms with E-state index in [1.54, 1.807) is 7.11 Å². The second-order valence-electron chi connectivity index (χ2n) is 5.44. The second kappa shape index (κ2) is 6.75. The number of nitrogens with zero attached hydrogens (tertiary/aromatic N) is 1. The van der Waals surface area contributed by atoms with Crippen LogP contribution in [0.1, 0.15) is 18.2 Å². The topological polar surface area (TPSA) is 49.4 Å². The molecule has 1 heterocycles. The largest absolute Gasteiger partial charge is 0.497 e. The molecule has 0 unspecified atom stereocenters. The Hall–Kier alpha value is -2.46. The lowest BCUT2D eigenvalue weighted by Gasteiger charge is -2.10. The number of nitrogens with two attached hydrogens (primary N) is 1. The van der Waals surface area contributed by atoms with Gasteiger partial charge in [-0.3, -0.25) is 0 Å². The molecule has 0 atom stereocenters. The average Bonchev–Trinajstić information content (AvgIpc) is 2.96. The van der Waals surface area contributed by atoms with Crippen molar-refractivity contribution < 1.29 is 9.47 Å². The molecule has 0 fully saturated rings. The Morgan fingerprint density at radius 3 is 2.39 bits per heavy atom. The predicted molar refractivity (Wildman–Crippen MR) is 92.8 cm³/mol. The van der Waals surface area contributed by atoms with E-state index in [2.05, 4.69) is 35.8 Å². The number of aryl methyl sites for hydroxylation is 1. The lowest BCUT2D eigenvalue weighted by atomic mass is 10.1. The number of ether oxygens (including phenoxy) is 2. The molecule has 120 valence electrons. The van der Waals surface area contributed by atoms with E-state index >= 15 is 0 Å². The summed E-state index contributed by atoms with van der Waals surface area (Å²) in [5.74, 6) is 1.66. The van der Waals surface area contributed by atoms with Crippen LogP contribution in [0.4, 0.5) is 0 Å². The summed E-state index contributed by atoms with van der Waals surface area (Å²) in [6, 6.07) is 16.2. The van der Waals surface area contributed by atoms with E-state index in [1.165, 1.54) is 10.9 Å². The molecular formula is C19H22N2O2. The van der Waals surface area contributed by atoms with Crippen molar-refractivity contribution in [3.63, 3.8) is 0 Å². The van der Waals surface area contributed by atoms with Crippen molar-refractivity contribution >= 4 is 10.9 Å². The number of methoxy groups -OCH3 is 1. The van der Waals surface area contributed by atoms with Gasteiger partial charge in [0.15, 0.2) is 0 Å². The van der Waals surface area contributed by atoms with Gasteiger partial charge in [-0.15, -0.1) is 0 Å². The quantitative estimate of drug-likeness (QED) is 0.755. The Morgan fingerprint density at radius 2 is 1.74 bits per heavy atom. The second-order valence-corrected chi connectivity index (χ2v) is 5.44. The first-order valence-corrected chi connectivity index (χ1v) is 7.83. The van der Waals surface area contributed by atoms with Crippen molar-refractivity contribution in [2.45, 2.75) is 26.6 Å². The van der Waals surface area contributed by atoms with E-state index in [0.717, 1.165) is 29.3 Å². The summed E-state index contributed by atoms with van der Waals surface area (Å²) in [4.78, 5) is 0. The SMILES string of the molecule is CCn1c(COc2ccc(OC)cc2)cc2ccc(CN)cc21. The molecule has 0 aliphatic heterocycles. The van der Waals surface area contributed by atoms with Gasteiger partial charge in [0.2, 0.25) is 0 Å². The smallest absolute Gasteiger partial charge is 0.128 e. The highest BCUT2D eigenvalue weighted by Crippen LogP contribution is 2.24. The van der Waals surface area contributed by atoms with Crippen LogP contribution in [0.2, 0.25) is 0 Å². The molecule has 1 aromatic heterocycles. The Balaban J connectivity index is 1.84. The fraction of sp³-hybridized carbons (Fsp3) is 0.263. The first kappa shape index (κ1) is 15.4. The molecule has 3 rings (SSSR count). The van der Waals surface area contributed by atoms with Gasteiger partial charge in [0.25, 0.3) is 0 Å². The van der Waals surface area contributed by atoms with Crippen LogP contribution in [0.3, 0.4) is 0 Å². The zero-order valence-electron chi connectivity index (χ0n) is 13.6. The predicted octanol–water partition coefficient (Wildman–Crippen LogP) is 3.71. The number of hydrogen-bond acceptors (Lipinski definition) is 3. The lowest BCUT2D eigenvalue weighted by Crippen LogP contribution is -2.05. The van der Waals surface area contributed by atoms with Crippen LogP contribution in [-0.4, -0.2) is 11.7 Å². The van der Waals surface area contributed by atoms with E-state index in [0.29, 0.717) is 13.2 Å². The van der Waals surface area contributed by atoms with Crippen LogP contribution in [0.15, 0.2) is 48.5 Å². The minimum absolute atomic E-state index is 0.535. The molecule has 0 amide bonds. The third-order valence-electron chi connectivity index (χ3n) is 4.05. The normalized spacial score (nSPS) is 10.9. The molecule has 0 radical (unpaired) electrons. The van der Waals surface area contributed by atoms with Gasteiger partial charge >= 0.3 is 0 Å². The summed E-state index contributed by atoms with van der Waals surface area (Å²) in [5, 5.41) is 1.22. The van der Waals surface area contributed by atoms with Gasteiger partial charge in [0, 0.05) is 24.0 Å². The molecule has 0 aliphatic carbocycles. The molecule has 0 saturated heterocycles. The third-order valence-corrected chi connectivity index (χ3v) is 4.05. The summed E-state index contributed by atoms with van der Waals surface area (Å²) in [7, 11) is 1.66. The Morgan fingerprint density at radius 1 is 1.00 bits per heavy atom. The summed E-state index contributed by atoms with van der Waals surface area (Å²) < 4.78 is 13.4. The Labute approximate surface area is 136 Å². The molecule has 4 nitrogen and oxygen atoms in total. The number of benzene rings is 2. The monoisotopic (exact) mass is 310 g/mol. The fourth-order valence-electron chi connectivity index (χ4n) is 2.81. The summed E-state index contributed by atoms with van der Waals surface area (Å²) >= 11 is 0. The zero-order valence-corrected chi connectivity index (χ0v) is 13.6. The molecule has 0 bridgehead atoms. The number of fused-ring (bicyclic) bond motifs is 1. The summed E-state index contributed by atoms with van der Waals surface area (Å²) in [6.07, 6.45) is 0. The van der Waals surface area contributed by atoms with Crippen molar-refractivity contribution in [2.24, 2.45) is 5.73 Å². The van der Waals surface area contributed by atoms with E-state index in [9.17, 15) is 0 Å². The Kier molecular flexibility index (Phi) is 4.53. The van der Waals surface area contributed by atoms with E-state index in [4.69, 9.17) is 15.2 Å². The maximum Gasteiger partial charge on any atom is 0.128 e. The maximum atomic E-state index is 5.92. The maximum absolute atomic E-state index is 5.92. The number of aromatic nitrogens is 1. The van der Waals surface area contributed by atoms with Crippen molar-refractivity contribution in [1.82, 2.24) is 4.57 Å². The molecule has 0 saturated carbocycles. The van der Waals surface area contributed by atoms with Crippen LogP contribution in [0.25, 0.3) is 10.9 Å². The minimum atomic E-state index is 0.535. The molecule has 23 heavy (non-hydrogen) atoms. The van der Waals surface area contributed by atoms with Gasteiger partial charge in [0.05, 0.1) is 12.8 Å². The lowest BCUT2D eigenvalue weighted by molar-refractivity contribution is 0.295. The molecular weight excluding hydrogens is 288 g/mol. The van der Waals surface area contributed by atoms with Gasteiger partial charge in [0.1, 0.15) is 18.1 Å². The van der Waals surface area contributed by atoms with Gasteiger partial charge in [-0.25, -0.2) is 0 Å². The van der Waals surface area contributed by atoms with Gasteiger partial charge in [-0.05, 0) is 48.9 Å². The van der Waals surface area contributed by atoms with Crippen molar-refractivity contribution in [1.29, 1.82) is 0 Å². The third kappa shape index (κ3) is 3.17. The zero-order chi connectivity index (χ0) is 16.2. The number of hydrogen-bond donors (Lipinski definition) is 1. The minimum Gasteiger partial charge on any atom is -0.497 e. The molecule has 2 aromatic carbocycles. The highest BCUT2D eigenvalue weighted by atomic mass is 16.5. The standard InChI is InChI=1S/C19H22N2O2/c1-3-21-16(11-15-5-4-14(12-20)10-19(15)21)13-23-18-8-6-17(22-2)7-9-18/h4-11H,3,12-13,20H2,1-2H3. The summed E-state index contributed by atoms with van der Waals surface area (Å²) in [5.41, 5.74) is 9.27. The van der Waals surface area contributed by atoms with Crippen molar-refractivity contribution in [3.05, 3.63) is 59.8 Å². The van der Waals surface area contributed by atoms with Crippen LogP contribution in [-0.2, 0) is 19.7 Å². The van der Waals surface area contributed by atoms with E-state index < -0.39 is 0 Å². The molecule has 0 spiro atoms. The van der Waals surface area contributed by atoms with Crippen LogP contribution in [0.5, 0.6) is 11.5 Å². The molecule has 4 heteroatoms. The van der Waals surface area contributed by atoms with Gasteiger partial charge < -0.3 is 19.8 Å². The van der Waals surface area contributed by atoms with Crippen LogP contribution < -0.4 is 15.2 Å². The first-order valence-electron chi connectivity index (χ1n) is 7.83. The molecule has 0 aliphatic rings. The van der Waals surface area contributed by atoms with E-state index in [1.807, 2.05) is 24.3 Å².